The van der Waals surface area contributed by atoms with Crippen molar-refractivity contribution in [3.63, 3.8) is 0 Å². The van der Waals surface area contributed by atoms with E-state index in [0.29, 0.717) is 19.3 Å². The predicted octanol–water partition coefficient (Wildman–Crippen LogP) is 2.86. The molecule has 3 fully saturated rings. The molecule has 1 aromatic rings. The standard InChI is InChI=1S/C29H42N2O6/c1-7-36-26(35)21-20-13-14-29(37-20)22(21)25(34)31(19(16-32)15-18-11-9-8-10-12-18)23(29)24(33)30-28(5,6)17-27(2,3)4/h8-12,19-23,32H,7,13-17H2,1-6H3,(H,30,33)/t19-,20+,21-,22+,23?,29?/m1/s1. The molecule has 3 aliphatic heterocycles. The van der Waals surface area contributed by atoms with Crippen LogP contribution in [0.5, 0.6) is 0 Å². The first kappa shape index (κ1) is 27.6. The number of aliphatic hydroxyl groups is 1. The lowest BCUT2D eigenvalue weighted by molar-refractivity contribution is -0.155. The number of rotatable bonds is 9. The topological polar surface area (TPSA) is 105 Å². The molecular weight excluding hydrogens is 472 g/mol. The fraction of sp³-hybridized carbons (Fsp3) is 0.690. The average Bonchev–Trinajstić information content (AvgIpc) is 3.43. The zero-order valence-corrected chi connectivity index (χ0v) is 23.0. The number of carbonyl (C=O) groups is 3. The van der Waals surface area contributed by atoms with E-state index in [2.05, 4.69) is 26.1 Å². The van der Waals surface area contributed by atoms with E-state index in [-0.39, 0.29) is 30.4 Å². The molecule has 204 valence electrons. The minimum atomic E-state index is -1.12. The third kappa shape index (κ3) is 5.15. The number of hydrogen-bond acceptors (Lipinski definition) is 6. The molecule has 2 unspecified atom stereocenters. The molecule has 1 spiro atoms. The van der Waals surface area contributed by atoms with Crippen molar-refractivity contribution in [1.82, 2.24) is 10.2 Å². The first-order chi connectivity index (χ1) is 17.3. The van der Waals surface area contributed by atoms with Gasteiger partial charge in [-0.25, -0.2) is 0 Å². The summed E-state index contributed by atoms with van der Waals surface area (Å²) in [7, 11) is 0. The summed E-state index contributed by atoms with van der Waals surface area (Å²) in [5.74, 6) is -2.63. The van der Waals surface area contributed by atoms with E-state index in [0.717, 1.165) is 12.0 Å². The summed E-state index contributed by atoms with van der Waals surface area (Å²) in [6, 6.07) is 8.01. The number of nitrogens with one attached hydrogen (secondary N) is 1. The van der Waals surface area contributed by atoms with Crippen molar-refractivity contribution in [1.29, 1.82) is 0 Å². The second-order valence-corrected chi connectivity index (χ2v) is 12.7. The summed E-state index contributed by atoms with van der Waals surface area (Å²) in [5, 5.41) is 13.7. The normalized spacial score (nSPS) is 29.8. The highest BCUT2D eigenvalue weighted by molar-refractivity contribution is 5.98. The van der Waals surface area contributed by atoms with Crippen LogP contribution in [-0.2, 0) is 30.3 Å². The van der Waals surface area contributed by atoms with Crippen LogP contribution in [0.3, 0.4) is 0 Å². The highest BCUT2D eigenvalue weighted by Gasteiger charge is 2.75. The molecule has 37 heavy (non-hydrogen) atoms. The molecule has 2 bridgehead atoms. The Morgan fingerprint density at radius 1 is 1.22 bits per heavy atom. The molecule has 1 aromatic carbocycles. The van der Waals surface area contributed by atoms with Crippen molar-refractivity contribution in [3.8, 4) is 0 Å². The Morgan fingerprint density at radius 3 is 2.49 bits per heavy atom. The maximum Gasteiger partial charge on any atom is 0.312 e. The van der Waals surface area contributed by atoms with E-state index < -0.39 is 47.1 Å². The summed E-state index contributed by atoms with van der Waals surface area (Å²) < 4.78 is 11.8. The van der Waals surface area contributed by atoms with E-state index in [1.165, 1.54) is 4.90 Å². The Kier molecular flexibility index (Phi) is 7.47. The zero-order chi connectivity index (χ0) is 27.2. The maximum atomic E-state index is 14.1. The highest BCUT2D eigenvalue weighted by Crippen LogP contribution is 2.59. The van der Waals surface area contributed by atoms with Crippen molar-refractivity contribution in [2.24, 2.45) is 17.3 Å². The smallest absolute Gasteiger partial charge is 0.312 e. The molecular formula is C29H42N2O6. The maximum absolute atomic E-state index is 14.1. The van der Waals surface area contributed by atoms with E-state index in [9.17, 15) is 19.5 Å². The van der Waals surface area contributed by atoms with Gasteiger partial charge in [0, 0.05) is 5.54 Å². The Bertz CT molecular complexity index is 1020. The van der Waals surface area contributed by atoms with Crippen LogP contribution < -0.4 is 5.32 Å². The minimum Gasteiger partial charge on any atom is -0.466 e. The second-order valence-electron chi connectivity index (χ2n) is 12.7. The van der Waals surface area contributed by atoms with E-state index >= 15 is 0 Å². The molecule has 0 radical (unpaired) electrons. The van der Waals surface area contributed by atoms with Gasteiger partial charge >= 0.3 is 5.97 Å². The first-order valence-electron chi connectivity index (χ1n) is 13.5. The Balaban J connectivity index is 1.73. The van der Waals surface area contributed by atoms with Gasteiger partial charge in [-0.2, -0.15) is 0 Å². The van der Waals surface area contributed by atoms with Gasteiger partial charge in [0.1, 0.15) is 11.6 Å². The van der Waals surface area contributed by atoms with Crippen LogP contribution in [0.1, 0.15) is 66.4 Å². The number of amides is 2. The Morgan fingerprint density at radius 2 is 1.89 bits per heavy atom. The average molecular weight is 515 g/mol. The molecule has 4 rings (SSSR count). The number of likely N-dealkylation sites (tertiary alicyclic amines) is 1. The lowest BCUT2D eigenvalue weighted by Gasteiger charge is -2.40. The van der Waals surface area contributed by atoms with Gasteiger partial charge in [-0.05, 0) is 57.4 Å². The van der Waals surface area contributed by atoms with Crippen LogP contribution in [0.4, 0.5) is 0 Å². The number of benzene rings is 1. The SMILES string of the molecule is CCOC(=O)[C@@H]1[C@@H]2CCC3(O2)C(C(=O)NC(C)(C)CC(C)(C)C)N([C@@H](CO)Cc2ccccc2)C(=O)[C@H]13. The molecule has 0 aromatic heterocycles. The predicted molar refractivity (Wildman–Crippen MR) is 138 cm³/mol. The Labute approximate surface area is 220 Å². The molecule has 3 aliphatic rings. The third-order valence-electron chi connectivity index (χ3n) is 7.90. The molecule has 8 heteroatoms. The van der Waals surface area contributed by atoms with Gasteiger partial charge in [0.25, 0.3) is 0 Å². The van der Waals surface area contributed by atoms with Crippen molar-refractivity contribution < 1.29 is 29.0 Å². The molecule has 3 saturated heterocycles. The molecule has 2 N–H and O–H groups in total. The first-order valence-corrected chi connectivity index (χ1v) is 13.5. The van der Waals surface area contributed by atoms with Crippen LogP contribution >= 0.6 is 0 Å². The van der Waals surface area contributed by atoms with Gasteiger partial charge in [-0.15, -0.1) is 0 Å². The number of esters is 1. The van der Waals surface area contributed by atoms with Crippen molar-refractivity contribution in [2.75, 3.05) is 13.2 Å². The van der Waals surface area contributed by atoms with Gasteiger partial charge < -0.3 is 24.8 Å². The number of nitrogens with zero attached hydrogens (tertiary/aromatic N) is 1. The van der Waals surface area contributed by atoms with E-state index in [4.69, 9.17) is 9.47 Å². The van der Waals surface area contributed by atoms with Crippen molar-refractivity contribution >= 4 is 17.8 Å². The van der Waals surface area contributed by atoms with Gasteiger partial charge in [0.2, 0.25) is 11.8 Å². The fourth-order valence-electron chi connectivity index (χ4n) is 7.20. The number of ether oxygens (including phenoxy) is 2. The molecule has 8 nitrogen and oxygen atoms in total. The monoisotopic (exact) mass is 514 g/mol. The largest absolute Gasteiger partial charge is 0.466 e. The van der Waals surface area contributed by atoms with Crippen LogP contribution in [0, 0.1) is 17.3 Å². The number of aliphatic hydroxyl groups excluding tert-OH is 1. The van der Waals surface area contributed by atoms with Crippen LogP contribution in [0.25, 0.3) is 0 Å². The van der Waals surface area contributed by atoms with Crippen molar-refractivity contribution in [2.45, 2.75) is 96.6 Å². The molecule has 3 heterocycles. The van der Waals surface area contributed by atoms with Gasteiger partial charge in [0.15, 0.2) is 0 Å². The van der Waals surface area contributed by atoms with Gasteiger partial charge in [-0.3, -0.25) is 14.4 Å². The third-order valence-corrected chi connectivity index (χ3v) is 7.90. The molecule has 0 saturated carbocycles. The summed E-state index contributed by atoms with van der Waals surface area (Å²) >= 11 is 0. The molecule has 0 aliphatic carbocycles. The van der Waals surface area contributed by atoms with Gasteiger partial charge in [-0.1, -0.05) is 51.1 Å². The van der Waals surface area contributed by atoms with E-state index in [1.54, 1.807) is 6.92 Å². The number of carbonyl (C=O) groups excluding carboxylic acids is 3. The highest BCUT2D eigenvalue weighted by atomic mass is 16.6. The quantitative estimate of drug-likeness (QED) is 0.491. The number of hydrogen-bond donors (Lipinski definition) is 2. The van der Waals surface area contributed by atoms with Crippen LogP contribution in [-0.4, -0.2) is 70.3 Å². The van der Waals surface area contributed by atoms with E-state index in [1.807, 2.05) is 44.2 Å². The lowest BCUT2D eigenvalue weighted by Crippen LogP contribution is -2.61. The zero-order valence-electron chi connectivity index (χ0n) is 23.0. The van der Waals surface area contributed by atoms with Crippen LogP contribution in [0.15, 0.2) is 30.3 Å². The molecule has 6 atom stereocenters. The summed E-state index contributed by atoms with van der Waals surface area (Å²) in [5.41, 5.74) is -0.737. The van der Waals surface area contributed by atoms with Crippen molar-refractivity contribution in [3.05, 3.63) is 35.9 Å². The summed E-state index contributed by atoms with van der Waals surface area (Å²) in [6.45, 7) is 11.9. The number of fused-ring (bicyclic) bond motifs is 1. The van der Waals surface area contributed by atoms with Crippen LogP contribution in [0.2, 0.25) is 0 Å². The Hall–Kier alpha value is -2.45. The lowest BCUT2D eigenvalue weighted by atomic mass is 9.70. The molecule has 2 amide bonds. The van der Waals surface area contributed by atoms with Gasteiger partial charge in [0.05, 0.1) is 37.2 Å². The summed E-state index contributed by atoms with van der Waals surface area (Å²) in [6.07, 6.45) is 1.75. The fourth-order valence-corrected chi connectivity index (χ4v) is 7.20. The second kappa shape index (κ2) is 10.0. The minimum absolute atomic E-state index is 0.0267. The summed E-state index contributed by atoms with van der Waals surface area (Å²) in [4.78, 5) is 42.8.